The van der Waals surface area contributed by atoms with E-state index in [0.29, 0.717) is 5.41 Å². The Morgan fingerprint density at radius 1 is 1.30 bits per heavy atom. The first kappa shape index (κ1) is 15.9. The van der Waals surface area contributed by atoms with Gasteiger partial charge in [0.05, 0.1) is 0 Å². The van der Waals surface area contributed by atoms with Crippen molar-refractivity contribution in [3.8, 4) is 0 Å². The van der Waals surface area contributed by atoms with Gasteiger partial charge in [-0.1, -0.05) is 43.7 Å². The van der Waals surface area contributed by atoms with Gasteiger partial charge in [0.1, 0.15) is 0 Å². The summed E-state index contributed by atoms with van der Waals surface area (Å²) in [7, 11) is 2.23. The molecule has 0 aliphatic carbocycles. The van der Waals surface area contributed by atoms with E-state index in [1.807, 2.05) is 0 Å². The summed E-state index contributed by atoms with van der Waals surface area (Å²) in [5.41, 5.74) is 9.41. The predicted molar refractivity (Wildman–Crippen MR) is 90.2 cm³/mol. The number of nitrogens with zero attached hydrogens (tertiary/aromatic N) is 1. The standard InChI is InChI=1S/C17H28N2S/c1-14-6-5-7-15(8-14)9-19(4)17(11-18)10-16(2,3)12-20-13-17/h5-8H,9-13,18H2,1-4H3. The number of thioether (sulfide) groups is 1. The zero-order chi connectivity index (χ0) is 14.8. The second-order valence-corrected chi connectivity index (χ2v) is 8.09. The quantitative estimate of drug-likeness (QED) is 0.923. The summed E-state index contributed by atoms with van der Waals surface area (Å²) in [4.78, 5) is 2.48. The molecule has 0 amide bonds. The van der Waals surface area contributed by atoms with Crippen LogP contribution in [0.25, 0.3) is 0 Å². The fourth-order valence-corrected chi connectivity index (χ4v) is 4.87. The van der Waals surface area contributed by atoms with Crippen LogP contribution in [0.2, 0.25) is 0 Å². The topological polar surface area (TPSA) is 29.3 Å². The first-order valence-electron chi connectivity index (χ1n) is 7.42. The van der Waals surface area contributed by atoms with Gasteiger partial charge in [0, 0.05) is 24.4 Å². The average molecular weight is 292 g/mol. The molecule has 2 nitrogen and oxygen atoms in total. The summed E-state index contributed by atoms with van der Waals surface area (Å²) in [5, 5.41) is 0. The highest BCUT2D eigenvalue weighted by Gasteiger charge is 2.42. The van der Waals surface area contributed by atoms with Crippen molar-refractivity contribution in [3.63, 3.8) is 0 Å². The summed E-state index contributed by atoms with van der Waals surface area (Å²) in [6.45, 7) is 8.61. The van der Waals surface area contributed by atoms with E-state index in [0.717, 1.165) is 18.8 Å². The van der Waals surface area contributed by atoms with Crippen molar-refractivity contribution in [3.05, 3.63) is 35.4 Å². The maximum Gasteiger partial charge on any atom is 0.0427 e. The molecule has 1 saturated heterocycles. The molecule has 0 radical (unpaired) electrons. The summed E-state index contributed by atoms with van der Waals surface area (Å²) in [6, 6.07) is 8.80. The van der Waals surface area contributed by atoms with Gasteiger partial charge in [-0.15, -0.1) is 0 Å². The minimum Gasteiger partial charge on any atom is -0.329 e. The Morgan fingerprint density at radius 3 is 2.65 bits per heavy atom. The van der Waals surface area contributed by atoms with Crippen molar-refractivity contribution in [1.29, 1.82) is 0 Å². The molecule has 1 aromatic carbocycles. The number of hydrogen-bond donors (Lipinski definition) is 1. The van der Waals surface area contributed by atoms with E-state index >= 15 is 0 Å². The molecule has 0 spiro atoms. The summed E-state index contributed by atoms with van der Waals surface area (Å²) in [5.74, 6) is 2.39. The van der Waals surface area contributed by atoms with Gasteiger partial charge >= 0.3 is 0 Å². The Kier molecular flexibility index (Phi) is 4.83. The molecule has 20 heavy (non-hydrogen) atoms. The van der Waals surface area contributed by atoms with Crippen molar-refractivity contribution in [1.82, 2.24) is 4.90 Å². The number of rotatable bonds is 4. The van der Waals surface area contributed by atoms with Crippen LogP contribution in [0.15, 0.2) is 24.3 Å². The molecule has 112 valence electrons. The zero-order valence-corrected chi connectivity index (χ0v) is 14.1. The Bertz CT molecular complexity index is 458. The summed E-state index contributed by atoms with van der Waals surface area (Å²) >= 11 is 2.05. The number of aryl methyl sites for hydroxylation is 1. The van der Waals surface area contributed by atoms with Crippen LogP contribution >= 0.6 is 11.8 Å². The first-order valence-corrected chi connectivity index (χ1v) is 8.57. The molecule has 1 heterocycles. The molecule has 1 atom stereocenters. The SMILES string of the molecule is Cc1cccc(CN(C)C2(CN)CSCC(C)(C)C2)c1. The van der Waals surface area contributed by atoms with Crippen molar-refractivity contribution in [2.24, 2.45) is 11.1 Å². The fraction of sp³-hybridized carbons (Fsp3) is 0.647. The number of hydrogen-bond acceptors (Lipinski definition) is 3. The van der Waals surface area contributed by atoms with Crippen LogP contribution in [-0.2, 0) is 6.54 Å². The maximum absolute atomic E-state index is 6.19. The lowest BCUT2D eigenvalue weighted by molar-refractivity contribution is 0.0870. The zero-order valence-electron chi connectivity index (χ0n) is 13.3. The molecule has 3 heteroatoms. The fourth-order valence-electron chi connectivity index (χ4n) is 3.29. The Labute approximate surface area is 128 Å². The van der Waals surface area contributed by atoms with Gasteiger partial charge < -0.3 is 5.73 Å². The van der Waals surface area contributed by atoms with Crippen molar-refractivity contribution >= 4 is 11.8 Å². The highest BCUT2D eigenvalue weighted by Crippen LogP contribution is 2.41. The molecule has 1 unspecified atom stereocenters. The second kappa shape index (κ2) is 6.08. The van der Waals surface area contributed by atoms with Gasteiger partial charge in [-0.25, -0.2) is 0 Å². The van der Waals surface area contributed by atoms with Gasteiger partial charge in [-0.05, 0) is 37.1 Å². The predicted octanol–water partition coefficient (Wildman–Crippen LogP) is 3.29. The Balaban J connectivity index is 2.14. The van der Waals surface area contributed by atoms with E-state index in [1.165, 1.54) is 23.3 Å². The van der Waals surface area contributed by atoms with E-state index in [9.17, 15) is 0 Å². The van der Waals surface area contributed by atoms with Crippen LogP contribution in [0, 0.1) is 12.3 Å². The van der Waals surface area contributed by atoms with Crippen LogP contribution in [0.1, 0.15) is 31.4 Å². The van der Waals surface area contributed by atoms with Gasteiger partial charge in [-0.3, -0.25) is 4.90 Å². The van der Waals surface area contributed by atoms with Gasteiger partial charge in [0.15, 0.2) is 0 Å². The molecule has 0 aromatic heterocycles. The Hall–Kier alpha value is -0.510. The maximum atomic E-state index is 6.19. The van der Waals surface area contributed by atoms with Crippen molar-refractivity contribution in [2.75, 3.05) is 25.1 Å². The summed E-state index contributed by atoms with van der Waals surface area (Å²) < 4.78 is 0. The monoisotopic (exact) mass is 292 g/mol. The van der Waals surface area contributed by atoms with Crippen molar-refractivity contribution in [2.45, 2.75) is 39.3 Å². The minimum absolute atomic E-state index is 0.135. The number of benzene rings is 1. The van der Waals surface area contributed by atoms with Gasteiger partial charge in [0.2, 0.25) is 0 Å². The number of likely N-dealkylation sites (N-methyl/N-ethyl adjacent to an activating group) is 1. The summed E-state index contributed by atoms with van der Waals surface area (Å²) in [6.07, 6.45) is 1.19. The van der Waals surface area contributed by atoms with Crippen LogP contribution in [0.4, 0.5) is 0 Å². The van der Waals surface area contributed by atoms with Crippen LogP contribution in [0.3, 0.4) is 0 Å². The molecule has 0 saturated carbocycles. The second-order valence-electron chi connectivity index (χ2n) is 7.11. The third-order valence-corrected chi connectivity index (χ3v) is 6.09. The van der Waals surface area contributed by atoms with Gasteiger partial charge in [-0.2, -0.15) is 11.8 Å². The third kappa shape index (κ3) is 3.57. The molecule has 1 aliphatic heterocycles. The third-order valence-electron chi connectivity index (χ3n) is 4.36. The van der Waals surface area contributed by atoms with E-state index < -0.39 is 0 Å². The number of nitrogens with two attached hydrogens (primary N) is 1. The minimum atomic E-state index is 0.135. The van der Waals surface area contributed by atoms with E-state index in [4.69, 9.17) is 5.73 Å². The van der Waals surface area contributed by atoms with Crippen LogP contribution < -0.4 is 5.73 Å². The van der Waals surface area contributed by atoms with E-state index in [-0.39, 0.29) is 5.54 Å². The lowest BCUT2D eigenvalue weighted by Crippen LogP contribution is -2.58. The Morgan fingerprint density at radius 2 is 2.05 bits per heavy atom. The van der Waals surface area contributed by atoms with E-state index in [1.54, 1.807) is 0 Å². The first-order chi connectivity index (χ1) is 9.37. The van der Waals surface area contributed by atoms with Crippen molar-refractivity contribution < 1.29 is 0 Å². The molecular weight excluding hydrogens is 264 g/mol. The van der Waals surface area contributed by atoms with Crippen LogP contribution in [0.5, 0.6) is 0 Å². The van der Waals surface area contributed by atoms with Gasteiger partial charge in [0.25, 0.3) is 0 Å². The molecular formula is C17H28N2S. The highest BCUT2D eigenvalue weighted by molar-refractivity contribution is 7.99. The average Bonchev–Trinajstić information content (AvgIpc) is 2.37. The molecule has 1 aromatic rings. The normalized spacial score (nSPS) is 25.9. The molecule has 1 aliphatic rings. The highest BCUT2D eigenvalue weighted by atomic mass is 32.2. The van der Waals surface area contributed by atoms with Crippen LogP contribution in [-0.4, -0.2) is 35.5 Å². The lowest BCUT2D eigenvalue weighted by Gasteiger charge is -2.49. The lowest BCUT2D eigenvalue weighted by atomic mass is 9.79. The molecule has 2 rings (SSSR count). The molecule has 1 fully saturated rings. The molecule has 2 N–H and O–H groups in total. The smallest absolute Gasteiger partial charge is 0.0427 e. The molecule has 0 bridgehead atoms. The largest absolute Gasteiger partial charge is 0.329 e. The van der Waals surface area contributed by atoms with E-state index in [2.05, 4.69) is 68.7 Å².